The van der Waals surface area contributed by atoms with E-state index in [-0.39, 0.29) is 12.1 Å². The number of hydrogen-bond acceptors (Lipinski definition) is 2. The summed E-state index contributed by atoms with van der Waals surface area (Å²) >= 11 is 0. The van der Waals surface area contributed by atoms with Crippen molar-refractivity contribution in [2.75, 3.05) is 0 Å². The van der Waals surface area contributed by atoms with E-state index in [1.165, 1.54) is 0 Å². The van der Waals surface area contributed by atoms with Gasteiger partial charge in [-0.05, 0) is 31.1 Å². The molecular formula is C18H18O2. The Morgan fingerprint density at radius 2 is 1.55 bits per heavy atom. The Labute approximate surface area is 119 Å². The molecule has 1 unspecified atom stereocenters. The van der Waals surface area contributed by atoms with E-state index < -0.39 is 0 Å². The molecule has 20 heavy (non-hydrogen) atoms. The molecule has 2 heteroatoms. The molecule has 0 fully saturated rings. The normalized spacial score (nSPS) is 12.8. The average Bonchev–Trinajstić information content (AvgIpc) is 2.49. The van der Waals surface area contributed by atoms with E-state index in [4.69, 9.17) is 4.74 Å². The van der Waals surface area contributed by atoms with Gasteiger partial charge in [0.2, 0.25) is 0 Å². The molecule has 0 saturated heterocycles. The van der Waals surface area contributed by atoms with Gasteiger partial charge in [0, 0.05) is 5.57 Å². The highest BCUT2D eigenvalue weighted by Gasteiger charge is 2.12. The fourth-order valence-electron chi connectivity index (χ4n) is 1.90. The Balaban J connectivity index is 2.03. The smallest absolute Gasteiger partial charge is 0.334 e. The summed E-state index contributed by atoms with van der Waals surface area (Å²) in [6, 6.07) is 19.5. The van der Waals surface area contributed by atoms with E-state index >= 15 is 0 Å². The van der Waals surface area contributed by atoms with Crippen molar-refractivity contribution in [2.45, 2.75) is 20.0 Å². The first-order valence-corrected chi connectivity index (χ1v) is 6.66. The van der Waals surface area contributed by atoms with Crippen LogP contribution in [-0.4, -0.2) is 5.97 Å². The third-order valence-corrected chi connectivity index (χ3v) is 3.06. The molecule has 0 bridgehead atoms. The predicted molar refractivity (Wildman–Crippen MR) is 81.0 cm³/mol. The van der Waals surface area contributed by atoms with E-state index in [1.807, 2.05) is 73.7 Å². The van der Waals surface area contributed by atoms with Gasteiger partial charge in [0.25, 0.3) is 0 Å². The van der Waals surface area contributed by atoms with Crippen LogP contribution in [0, 0.1) is 0 Å². The number of benzene rings is 2. The number of ether oxygens (including phenoxy) is 1. The molecule has 1 atom stereocenters. The van der Waals surface area contributed by atoms with Crippen molar-refractivity contribution in [3.63, 3.8) is 0 Å². The highest BCUT2D eigenvalue weighted by Crippen LogP contribution is 2.18. The summed E-state index contributed by atoms with van der Waals surface area (Å²) in [6.07, 6.45) is 1.59. The number of hydrogen-bond donors (Lipinski definition) is 0. The van der Waals surface area contributed by atoms with E-state index in [0.29, 0.717) is 5.57 Å². The summed E-state index contributed by atoms with van der Waals surface area (Å²) in [7, 11) is 0. The van der Waals surface area contributed by atoms with Crippen LogP contribution in [0.1, 0.15) is 31.1 Å². The van der Waals surface area contributed by atoms with Crippen LogP contribution in [0.2, 0.25) is 0 Å². The first-order chi connectivity index (χ1) is 9.66. The quantitative estimate of drug-likeness (QED) is 0.606. The summed E-state index contributed by atoms with van der Waals surface area (Å²) in [4.78, 5) is 12.0. The maximum atomic E-state index is 12.0. The lowest BCUT2D eigenvalue weighted by molar-refractivity contribution is -0.143. The summed E-state index contributed by atoms with van der Waals surface area (Å²) in [5.41, 5.74) is 2.58. The lowest BCUT2D eigenvalue weighted by Gasteiger charge is -2.13. The molecule has 2 aromatic carbocycles. The molecule has 0 saturated carbocycles. The molecule has 0 aliphatic rings. The monoisotopic (exact) mass is 266 g/mol. The Morgan fingerprint density at radius 1 is 1.00 bits per heavy atom. The number of esters is 1. The number of carbonyl (C=O) groups is 1. The molecule has 0 aliphatic heterocycles. The standard InChI is InChI=1S/C18H18O2/c1-14(13-16-9-5-3-6-10-16)18(19)20-15(2)17-11-7-4-8-12-17/h3-13,15H,1-2H3. The second-order valence-corrected chi connectivity index (χ2v) is 4.70. The minimum atomic E-state index is -0.287. The lowest BCUT2D eigenvalue weighted by atomic mass is 10.1. The van der Waals surface area contributed by atoms with Gasteiger partial charge in [-0.3, -0.25) is 0 Å². The molecule has 0 amide bonds. The van der Waals surface area contributed by atoms with Crippen LogP contribution in [0.15, 0.2) is 66.2 Å². The van der Waals surface area contributed by atoms with Crippen LogP contribution in [0.4, 0.5) is 0 Å². The number of rotatable bonds is 4. The fraction of sp³-hybridized carbons (Fsp3) is 0.167. The predicted octanol–water partition coefficient (Wildman–Crippen LogP) is 4.39. The molecule has 0 aliphatic carbocycles. The Hall–Kier alpha value is -2.35. The Kier molecular flexibility index (Phi) is 4.72. The first-order valence-electron chi connectivity index (χ1n) is 6.66. The van der Waals surface area contributed by atoms with Crippen LogP contribution in [0.3, 0.4) is 0 Å². The van der Waals surface area contributed by atoms with Gasteiger partial charge in [0.1, 0.15) is 6.10 Å². The van der Waals surface area contributed by atoms with Gasteiger partial charge in [-0.2, -0.15) is 0 Å². The zero-order valence-corrected chi connectivity index (χ0v) is 11.7. The van der Waals surface area contributed by atoms with Gasteiger partial charge in [-0.1, -0.05) is 60.7 Å². The molecular weight excluding hydrogens is 248 g/mol. The first kappa shape index (κ1) is 14.1. The molecule has 0 aromatic heterocycles. The van der Waals surface area contributed by atoms with Gasteiger partial charge in [-0.25, -0.2) is 4.79 Å². The summed E-state index contributed by atoms with van der Waals surface area (Å²) in [5, 5.41) is 0. The summed E-state index contributed by atoms with van der Waals surface area (Å²) in [5.74, 6) is -0.287. The van der Waals surface area contributed by atoms with Gasteiger partial charge >= 0.3 is 5.97 Å². The van der Waals surface area contributed by atoms with E-state index in [2.05, 4.69) is 0 Å². The third-order valence-electron chi connectivity index (χ3n) is 3.06. The minimum absolute atomic E-state index is 0.247. The van der Waals surface area contributed by atoms with E-state index in [1.54, 1.807) is 6.92 Å². The van der Waals surface area contributed by atoms with Gasteiger partial charge in [0.15, 0.2) is 0 Å². The molecule has 2 nitrogen and oxygen atoms in total. The maximum absolute atomic E-state index is 12.0. The number of carbonyl (C=O) groups excluding carboxylic acids is 1. The van der Waals surface area contributed by atoms with Crippen LogP contribution in [0.5, 0.6) is 0 Å². The minimum Gasteiger partial charge on any atom is -0.454 e. The summed E-state index contributed by atoms with van der Waals surface area (Å²) in [6.45, 7) is 3.65. The van der Waals surface area contributed by atoms with Crippen LogP contribution < -0.4 is 0 Å². The van der Waals surface area contributed by atoms with Crippen molar-refractivity contribution >= 4 is 12.0 Å². The zero-order valence-electron chi connectivity index (χ0n) is 11.7. The Morgan fingerprint density at radius 3 is 2.15 bits per heavy atom. The SMILES string of the molecule is CC(=Cc1ccccc1)C(=O)OC(C)c1ccccc1. The van der Waals surface area contributed by atoms with Crippen LogP contribution >= 0.6 is 0 Å². The highest BCUT2D eigenvalue weighted by atomic mass is 16.5. The molecule has 0 spiro atoms. The molecule has 0 radical (unpaired) electrons. The second kappa shape index (κ2) is 6.71. The van der Waals surface area contributed by atoms with Crippen molar-refractivity contribution in [3.05, 3.63) is 77.4 Å². The lowest BCUT2D eigenvalue weighted by Crippen LogP contribution is -2.09. The molecule has 2 aromatic rings. The fourth-order valence-corrected chi connectivity index (χ4v) is 1.90. The van der Waals surface area contributed by atoms with E-state index in [0.717, 1.165) is 11.1 Å². The summed E-state index contributed by atoms with van der Waals surface area (Å²) < 4.78 is 5.46. The highest BCUT2D eigenvalue weighted by molar-refractivity contribution is 5.93. The molecule has 0 heterocycles. The Bertz CT molecular complexity index is 585. The van der Waals surface area contributed by atoms with Crippen LogP contribution in [-0.2, 0) is 9.53 Å². The van der Waals surface area contributed by atoms with Gasteiger partial charge < -0.3 is 4.74 Å². The molecule has 102 valence electrons. The van der Waals surface area contributed by atoms with Gasteiger partial charge in [0.05, 0.1) is 0 Å². The van der Waals surface area contributed by atoms with E-state index in [9.17, 15) is 4.79 Å². The molecule has 2 rings (SSSR count). The third kappa shape index (κ3) is 3.82. The molecule has 0 N–H and O–H groups in total. The van der Waals surface area contributed by atoms with Crippen molar-refractivity contribution in [2.24, 2.45) is 0 Å². The van der Waals surface area contributed by atoms with Crippen LogP contribution in [0.25, 0.3) is 6.08 Å². The second-order valence-electron chi connectivity index (χ2n) is 4.70. The van der Waals surface area contributed by atoms with Crippen molar-refractivity contribution in [3.8, 4) is 0 Å². The van der Waals surface area contributed by atoms with Gasteiger partial charge in [-0.15, -0.1) is 0 Å². The average molecular weight is 266 g/mol. The largest absolute Gasteiger partial charge is 0.454 e. The maximum Gasteiger partial charge on any atom is 0.334 e. The van der Waals surface area contributed by atoms with Crippen molar-refractivity contribution in [1.82, 2.24) is 0 Å². The van der Waals surface area contributed by atoms with Crippen molar-refractivity contribution < 1.29 is 9.53 Å². The topological polar surface area (TPSA) is 26.3 Å². The van der Waals surface area contributed by atoms with Crippen molar-refractivity contribution in [1.29, 1.82) is 0 Å². The zero-order chi connectivity index (χ0) is 14.4.